The Kier molecular flexibility index (Phi) is 9.54. The summed E-state index contributed by atoms with van der Waals surface area (Å²) in [6, 6.07) is 6.59. The first-order valence-electron chi connectivity index (χ1n) is 8.87. The predicted octanol–water partition coefficient (Wildman–Crippen LogP) is 2.64. The highest BCUT2D eigenvalue weighted by molar-refractivity contribution is 5.68. The monoisotopic (exact) mass is 398 g/mol. The van der Waals surface area contributed by atoms with Crippen LogP contribution in [0.2, 0.25) is 0 Å². The normalized spacial score (nSPS) is 12.1. The quantitative estimate of drug-likeness (QED) is 0.486. The van der Waals surface area contributed by atoms with Gasteiger partial charge in [0.1, 0.15) is 11.4 Å². The zero-order chi connectivity index (χ0) is 21.2. The van der Waals surface area contributed by atoms with Gasteiger partial charge in [-0.25, -0.2) is 9.59 Å². The number of carbonyl (C=O) groups excluding carboxylic acids is 2. The van der Waals surface area contributed by atoms with Crippen LogP contribution in [0.15, 0.2) is 24.3 Å². The van der Waals surface area contributed by atoms with Crippen molar-refractivity contribution in [1.82, 2.24) is 10.2 Å². The summed E-state index contributed by atoms with van der Waals surface area (Å²) >= 11 is 0. The summed E-state index contributed by atoms with van der Waals surface area (Å²) in [5, 5.41) is 12.0. The number of alkyl carbamates (subject to hydrolysis) is 1. The number of carbonyl (C=O) groups is 2. The van der Waals surface area contributed by atoms with Crippen LogP contribution in [-0.4, -0.2) is 62.1 Å². The van der Waals surface area contributed by atoms with Crippen LogP contribution >= 0.6 is 0 Å². The lowest BCUT2D eigenvalue weighted by molar-refractivity contribution is -0.0751. The molecule has 0 fully saturated rings. The summed E-state index contributed by atoms with van der Waals surface area (Å²) in [4.78, 5) is 24.5. The first-order valence-corrected chi connectivity index (χ1v) is 8.87. The maximum Gasteiger partial charge on any atom is 0.411 e. The molecule has 9 nitrogen and oxygen atoms in total. The van der Waals surface area contributed by atoms with E-state index in [1.807, 2.05) is 0 Å². The number of nitrogens with one attached hydrogen (secondary N) is 1. The van der Waals surface area contributed by atoms with E-state index in [1.165, 1.54) is 4.90 Å². The molecule has 1 atom stereocenters. The molecule has 1 aromatic rings. The van der Waals surface area contributed by atoms with Crippen LogP contribution in [0.1, 0.15) is 38.8 Å². The molecule has 2 N–H and O–H groups in total. The van der Waals surface area contributed by atoms with Gasteiger partial charge >= 0.3 is 12.2 Å². The van der Waals surface area contributed by atoms with Gasteiger partial charge in [-0.05, 0) is 44.9 Å². The van der Waals surface area contributed by atoms with E-state index in [0.29, 0.717) is 12.2 Å². The number of aliphatic hydroxyl groups is 1. The second-order valence-corrected chi connectivity index (χ2v) is 7.17. The third-order valence-corrected chi connectivity index (χ3v) is 3.33. The van der Waals surface area contributed by atoms with Gasteiger partial charge in [0.25, 0.3) is 0 Å². The molecule has 0 unspecified atom stereocenters. The minimum absolute atomic E-state index is 0.0851. The van der Waals surface area contributed by atoms with E-state index >= 15 is 0 Å². The lowest BCUT2D eigenvalue weighted by atomic mass is 10.0. The van der Waals surface area contributed by atoms with Crippen molar-refractivity contribution in [2.24, 2.45) is 0 Å². The molecule has 0 saturated heterocycles. The number of rotatable bonds is 9. The largest absolute Gasteiger partial charge is 0.467 e. The van der Waals surface area contributed by atoms with E-state index in [9.17, 15) is 14.7 Å². The number of hydrogen-bond acceptors (Lipinski definition) is 7. The van der Waals surface area contributed by atoms with E-state index in [4.69, 9.17) is 18.9 Å². The maximum absolute atomic E-state index is 12.0. The Morgan fingerprint density at radius 1 is 1.14 bits per heavy atom. The van der Waals surface area contributed by atoms with Crippen molar-refractivity contribution in [2.45, 2.75) is 38.8 Å². The molecule has 0 aliphatic heterocycles. The summed E-state index contributed by atoms with van der Waals surface area (Å²) in [6.07, 6.45) is -0.705. The lowest BCUT2D eigenvalue weighted by Gasteiger charge is -2.23. The van der Waals surface area contributed by atoms with Crippen molar-refractivity contribution >= 4 is 12.2 Å². The molecule has 1 aromatic carbocycles. The first-order chi connectivity index (χ1) is 13.1. The Labute approximate surface area is 165 Å². The van der Waals surface area contributed by atoms with Crippen molar-refractivity contribution in [2.75, 3.05) is 34.3 Å². The van der Waals surface area contributed by atoms with Gasteiger partial charge in [0, 0.05) is 20.7 Å². The fourth-order valence-corrected chi connectivity index (χ4v) is 2.06. The van der Waals surface area contributed by atoms with Crippen LogP contribution in [-0.2, 0) is 14.2 Å². The molecule has 1 rings (SSSR count). The SMILES string of the molecule is CN(C)C(=O)OCOCOc1ccc([C@@H](CCO)NC(=O)OC(C)(C)C)cc1. The highest BCUT2D eigenvalue weighted by Crippen LogP contribution is 2.21. The van der Waals surface area contributed by atoms with Crippen LogP contribution in [0, 0.1) is 0 Å². The van der Waals surface area contributed by atoms with Gasteiger partial charge in [0.2, 0.25) is 0 Å². The highest BCUT2D eigenvalue weighted by atomic mass is 16.7. The van der Waals surface area contributed by atoms with Gasteiger partial charge in [-0.2, -0.15) is 0 Å². The molecule has 0 heterocycles. The summed E-state index contributed by atoms with van der Waals surface area (Å²) < 4.78 is 20.5. The fourth-order valence-electron chi connectivity index (χ4n) is 2.06. The minimum atomic E-state index is -0.605. The van der Waals surface area contributed by atoms with Crippen LogP contribution in [0.4, 0.5) is 9.59 Å². The molecule has 2 amide bonds. The molecule has 0 bridgehead atoms. The van der Waals surface area contributed by atoms with E-state index < -0.39 is 23.8 Å². The molecular weight excluding hydrogens is 368 g/mol. The van der Waals surface area contributed by atoms with Gasteiger partial charge in [-0.1, -0.05) is 12.1 Å². The Balaban J connectivity index is 2.51. The third-order valence-electron chi connectivity index (χ3n) is 3.33. The molecular formula is C19H30N2O7. The summed E-state index contributed by atoms with van der Waals surface area (Å²) in [7, 11) is 3.14. The van der Waals surface area contributed by atoms with Crippen molar-refractivity contribution in [1.29, 1.82) is 0 Å². The van der Waals surface area contributed by atoms with Crippen molar-refractivity contribution < 1.29 is 33.6 Å². The van der Waals surface area contributed by atoms with Crippen molar-refractivity contribution in [3.8, 4) is 5.75 Å². The highest BCUT2D eigenvalue weighted by Gasteiger charge is 2.20. The Hall–Kier alpha value is -2.52. The molecule has 9 heteroatoms. The predicted molar refractivity (Wildman–Crippen MR) is 102 cm³/mol. The Bertz CT molecular complexity index is 612. The second kappa shape index (κ2) is 11.4. The molecule has 0 saturated carbocycles. The summed E-state index contributed by atoms with van der Waals surface area (Å²) in [6.45, 7) is 4.96. The average molecular weight is 398 g/mol. The fraction of sp³-hybridized carbons (Fsp3) is 0.579. The molecule has 0 aliphatic rings. The van der Waals surface area contributed by atoms with Gasteiger partial charge in [-0.15, -0.1) is 0 Å². The van der Waals surface area contributed by atoms with Gasteiger partial charge in [-0.3, -0.25) is 0 Å². The van der Waals surface area contributed by atoms with E-state index in [1.54, 1.807) is 59.1 Å². The van der Waals surface area contributed by atoms with Gasteiger partial charge < -0.3 is 34.3 Å². The third kappa shape index (κ3) is 9.43. The molecule has 158 valence electrons. The number of amides is 2. The number of aliphatic hydroxyl groups excluding tert-OH is 1. The zero-order valence-corrected chi connectivity index (χ0v) is 17.1. The smallest absolute Gasteiger partial charge is 0.411 e. The van der Waals surface area contributed by atoms with Crippen molar-refractivity contribution in [3.05, 3.63) is 29.8 Å². The van der Waals surface area contributed by atoms with E-state index in [-0.39, 0.29) is 20.2 Å². The average Bonchev–Trinajstić information content (AvgIpc) is 2.59. The molecule has 0 spiro atoms. The van der Waals surface area contributed by atoms with E-state index in [2.05, 4.69) is 5.32 Å². The number of benzene rings is 1. The van der Waals surface area contributed by atoms with Crippen LogP contribution in [0.5, 0.6) is 5.75 Å². The topological polar surface area (TPSA) is 107 Å². The van der Waals surface area contributed by atoms with Crippen molar-refractivity contribution in [3.63, 3.8) is 0 Å². The Morgan fingerprint density at radius 2 is 1.79 bits per heavy atom. The molecule has 0 aromatic heterocycles. The summed E-state index contributed by atoms with van der Waals surface area (Å²) in [5.41, 5.74) is 0.194. The van der Waals surface area contributed by atoms with E-state index in [0.717, 1.165) is 5.56 Å². The van der Waals surface area contributed by atoms with Gasteiger partial charge in [0.15, 0.2) is 13.6 Å². The molecule has 0 radical (unpaired) electrons. The van der Waals surface area contributed by atoms with Crippen LogP contribution in [0.3, 0.4) is 0 Å². The van der Waals surface area contributed by atoms with Crippen LogP contribution < -0.4 is 10.1 Å². The minimum Gasteiger partial charge on any atom is -0.467 e. The first kappa shape index (κ1) is 23.5. The standard InChI is InChI=1S/C19H30N2O7/c1-19(2,3)28-17(23)20-16(10-11-22)14-6-8-15(9-7-14)26-12-25-13-27-18(24)21(4)5/h6-9,16,22H,10-13H2,1-5H3,(H,20,23)/t16-/m1/s1. The van der Waals surface area contributed by atoms with Crippen LogP contribution in [0.25, 0.3) is 0 Å². The number of ether oxygens (including phenoxy) is 4. The number of hydrogen-bond donors (Lipinski definition) is 2. The summed E-state index contributed by atoms with van der Waals surface area (Å²) in [5.74, 6) is 0.544. The maximum atomic E-state index is 12.0. The van der Waals surface area contributed by atoms with Gasteiger partial charge in [0.05, 0.1) is 6.04 Å². The molecule has 0 aliphatic carbocycles. The zero-order valence-electron chi connectivity index (χ0n) is 17.1. The second-order valence-electron chi connectivity index (χ2n) is 7.17. The lowest BCUT2D eigenvalue weighted by Crippen LogP contribution is -2.35. The molecule has 28 heavy (non-hydrogen) atoms. The number of nitrogens with zero attached hydrogens (tertiary/aromatic N) is 1. The Morgan fingerprint density at radius 3 is 2.32 bits per heavy atom.